The number of pyridine rings is 1. The summed E-state index contributed by atoms with van der Waals surface area (Å²) in [5, 5.41) is 8.34. The Morgan fingerprint density at radius 3 is 2.77 bits per heavy atom. The monoisotopic (exact) mass is 349 g/mol. The highest BCUT2D eigenvalue weighted by Gasteiger charge is 2.29. The largest absolute Gasteiger partial charge is 0.481 e. The predicted molar refractivity (Wildman–Crippen MR) is 95.8 cm³/mol. The lowest BCUT2D eigenvalue weighted by molar-refractivity contribution is 0.0787. The summed E-state index contributed by atoms with van der Waals surface area (Å²) in [7, 11) is 1.55. The Morgan fingerprint density at radius 1 is 1.19 bits per heavy atom. The average Bonchev–Trinajstić information content (AvgIpc) is 3.37. The van der Waals surface area contributed by atoms with E-state index in [9.17, 15) is 4.79 Å². The Morgan fingerprint density at radius 2 is 2.04 bits per heavy atom. The van der Waals surface area contributed by atoms with E-state index in [2.05, 4.69) is 19.7 Å². The number of hydrogen-bond donors (Lipinski definition) is 0. The Labute approximate surface area is 151 Å². The van der Waals surface area contributed by atoms with Crippen LogP contribution in [-0.2, 0) is 0 Å². The van der Waals surface area contributed by atoms with Gasteiger partial charge in [-0.05, 0) is 12.5 Å². The second-order valence-corrected chi connectivity index (χ2v) is 6.21. The molecular formula is C19H19N5O2. The summed E-state index contributed by atoms with van der Waals surface area (Å²) < 4.78 is 7.11. The summed E-state index contributed by atoms with van der Waals surface area (Å²) in [4.78, 5) is 18.7. The minimum Gasteiger partial charge on any atom is -0.481 e. The number of carbonyl (C=O) groups excluding carboxylic acids is 1. The Balaban J connectivity index is 1.51. The summed E-state index contributed by atoms with van der Waals surface area (Å²) in [6.45, 7) is 1.32. The Hall–Kier alpha value is -3.22. The normalized spacial score (nSPS) is 16.7. The van der Waals surface area contributed by atoms with Gasteiger partial charge in [0.25, 0.3) is 5.91 Å². The average molecular weight is 349 g/mol. The van der Waals surface area contributed by atoms with Crippen molar-refractivity contribution in [1.82, 2.24) is 24.6 Å². The molecule has 1 saturated heterocycles. The molecular weight excluding hydrogens is 330 g/mol. The van der Waals surface area contributed by atoms with Gasteiger partial charge in [0, 0.05) is 30.9 Å². The van der Waals surface area contributed by atoms with Gasteiger partial charge >= 0.3 is 0 Å². The molecule has 0 saturated carbocycles. The molecule has 0 spiro atoms. The molecule has 132 valence electrons. The maximum atomic E-state index is 12.7. The molecule has 1 fully saturated rings. The van der Waals surface area contributed by atoms with Gasteiger partial charge in [-0.25, -0.2) is 4.98 Å². The smallest absolute Gasteiger partial charge is 0.255 e. The standard InChI is InChI=1S/C19H19N5O2/c1-26-17-8-7-15(11-20-17)19(25)23-10-9-16(12-23)24-13-21-22-18(24)14-5-3-2-4-6-14/h2-8,11,13,16H,9-10,12H2,1H3. The highest BCUT2D eigenvalue weighted by molar-refractivity contribution is 5.94. The number of aromatic nitrogens is 4. The van der Waals surface area contributed by atoms with Crippen LogP contribution in [0.15, 0.2) is 55.0 Å². The molecule has 1 aliphatic rings. The number of hydrogen-bond acceptors (Lipinski definition) is 5. The van der Waals surface area contributed by atoms with Crippen molar-refractivity contribution in [1.29, 1.82) is 0 Å². The van der Waals surface area contributed by atoms with Crippen molar-refractivity contribution in [2.45, 2.75) is 12.5 Å². The predicted octanol–water partition coefficient (Wildman–Crippen LogP) is 2.44. The van der Waals surface area contributed by atoms with Gasteiger partial charge in [-0.3, -0.25) is 4.79 Å². The van der Waals surface area contributed by atoms with Crippen LogP contribution in [0, 0.1) is 0 Å². The van der Waals surface area contributed by atoms with Gasteiger partial charge < -0.3 is 14.2 Å². The molecule has 0 N–H and O–H groups in total. The topological polar surface area (TPSA) is 73.1 Å². The van der Waals surface area contributed by atoms with Crippen LogP contribution in [0.1, 0.15) is 22.8 Å². The van der Waals surface area contributed by atoms with Crippen molar-refractivity contribution in [2.75, 3.05) is 20.2 Å². The van der Waals surface area contributed by atoms with Crippen LogP contribution in [0.3, 0.4) is 0 Å². The molecule has 3 heterocycles. The zero-order chi connectivity index (χ0) is 17.9. The van der Waals surface area contributed by atoms with Gasteiger partial charge in [-0.1, -0.05) is 30.3 Å². The first-order chi connectivity index (χ1) is 12.8. The zero-order valence-corrected chi connectivity index (χ0v) is 14.4. The Bertz CT molecular complexity index is 892. The lowest BCUT2D eigenvalue weighted by Crippen LogP contribution is -2.29. The zero-order valence-electron chi connectivity index (χ0n) is 14.4. The number of likely N-dealkylation sites (tertiary alicyclic amines) is 1. The summed E-state index contributed by atoms with van der Waals surface area (Å²) in [5.41, 5.74) is 1.59. The van der Waals surface area contributed by atoms with Crippen LogP contribution in [0.4, 0.5) is 0 Å². The van der Waals surface area contributed by atoms with Crippen molar-refractivity contribution >= 4 is 5.91 Å². The number of ether oxygens (including phenoxy) is 1. The fourth-order valence-electron chi connectivity index (χ4n) is 3.27. The second-order valence-electron chi connectivity index (χ2n) is 6.21. The van der Waals surface area contributed by atoms with Crippen molar-refractivity contribution in [3.05, 3.63) is 60.6 Å². The quantitative estimate of drug-likeness (QED) is 0.723. The number of amides is 1. The molecule has 4 rings (SSSR count). The molecule has 26 heavy (non-hydrogen) atoms. The highest BCUT2D eigenvalue weighted by Crippen LogP contribution is 2.27. The first-order valence-electron chi connectivity index (χ1n) is 8.50. The lowest BCUT2D eigenvalue weighted by Gasteiger charge is -2.18. The van der Waals surface area contributed by atoms with Gasteiger partial charge in [0.1, 0.15) is 6.33 Å². The van der Waals surface area contributed by atoms with Gasteiger partial charge in [0.15, 0.2) is 5.82 Å². The molecule has 1 amide bonds. The maximum Gasteiger partial charge on any atom is 0.255 e. The minimum atomic E-state index is -0.0167. The van der Waals surface area contributed by atoms with E-state index in [0.29, 0.717) is 24.5 Å². The first kappa shape index (κ1) is 16.3. The Kier molecular flexibility index (Phi) is 4.35. The van der Waals surface area contributed by atoms with Gasteiger partial charge in [-0.2, -0.15) is 0 Å². The van der Waals surface area contributed by atoms with Crippen LogP contribution in [0.25, 0.3) is 11.4 Å². The number of methoxy groups -OCH3 is 1. The number of carbonyl (C=O) groups is 1. The van der Waals surface area contributed by atoms with Crippen LogP contribution in [0.5, 0.6) is 5.88 Å². The van der Waals surface area contributed by atoms with E-state index in [1.54, 1.807) is 31.8 Å². The molecule has 0 aliphatic carbocycles. The lowest BCUT2D eigenvalue weighted by atomic mass is 10.2. The van der Waals surface area contributed by atoms with E-state index >= 15 is 0 Å². The first-order valence-corrected chi connectivity index (χ1v) is 8.50. The van der Waals surface area contributed by atoms with Crippen molar-refractivity contribution in [2.24, 2.45) is 0 Å². The van der Waals surface area contributed by atoms with E-state index in [-0.39, 0.29) is 11.9 Å². The van der Waals surface area contributed by atoms with Crippen molar-refractivity contribution in [3.63, 3.8) is 0 Å². The van der Waals surface area contributed by atoms with Crippen LogP contribution < -0.4 is 4.74 Å². The van der Waals surface area contributed by atoms with E-state index in [4.69, 9.17) is 4.74 Å². The molecule has 3 aromatic rings. The van der Waals surface area contributed by atoms with Gasteiger partial charge in [-0.15, -0.1) is 10.2 Å². The number of benzene rings is 1. The molecule has 1 aliphatic heterocycles. The highest BCUT2D eigenvalue weighted by atomic mass is 16.5. The molecule has 0 bridgehead atoms. The van der Waals surface area contributed by atoms with Crippen LogP contribution >= 0.6 is 0 Å². The molecule has 0 radical (unpaired) electrons. The van der Waals surface area contributed by atoms with Crippen LogP contribution in [-0.4, -0.2) is 50.8 Å². The summed E-state index contributed by atoms with van der Waals surface area (Å²) in [6, 6.07) is 13.6. The summed E-state index contributed by atoms with van der Waals surface area (Å²) >= 11 is 0. The maximum absolute atomic E-state index is 12.7. The van der Waals surface area contributed by atoms with E-state index in [1.807, 2.05) is 35.2 Å². The fraction of sp³-hybridized carbons (Fsp3) is 0.263. The molecule has 2 aromatic heterocycles. The van der Waals surface area contributed by atoms with Gasteiger partial charge in [0.2, 0.25) is 5.88 Å². The number of nitrogens with zero attached hydrogens (tertiary/aromatic N) is 5. The minimum absolute atomic E-state index is 0.0167. The van der Waals surface area contributed by atoms with E-state index in [0.717, 1.165) is 17.8 Å². The third-order valence-electron chi connectivity index (χ3n) is 4.64. The van der Waals surface area contributed by atoms with Gasteiger partial charge in [0.05, 0.1) is 18.7 Å². The van der Waals surface area contributed by atoms with E-state index < -0.39 is 0 Å². The summed E-state index contributed by atoms with van der Waals surface area (Å²) in [6.07, 6.45) is 4.17. The molecule has 7 nitrogen and oxygen atoms in total. The van der Waals surface area contributed by atoms with Crippen LogP contribution in [0.2, 0.25) is 0 Å². The molecule has 7 heteroatoms. The molecule has 1 atom stereocenters. The van der Waals surface area contributed by atoms with Crippen molar-refractivity contribution < 1.29 is 9.53 Å². The third-order valence-corrected chi connectivity index (χ3v) is 4.64. The summed E-state index contributed by atoms with van der Waals surface area (Å²) in [5.74, 6) is 1.31. The molecule has 1 unspecified atom stereocenters. The SMILES string of the molecule is COc1ccc(C(=O)N2CCC(n3cnnc3-c3ccccc3)C2)cn1. The third kappa shape index (κ3) is 3.03. The van der Waals surface area contributed by atoms with E-state index in [1.165, 1.54) is 0 Å². The second kappa shape index (κ2) is 6.95. The fourth-order valence-corrected chi connectivity index (χ4v) is 3.27. The van der Waals surface area contributed by atoms with Crippen molar-refractivity contribution in [3.8, 4) is 17.3 Å². The number of rotatable bonds is 4. The molecule has 1 aromatic carbocycles.